The molecule has 2 aromatic heterocycles. The normalized spacial score (nSPS) is 11.8. The SMILES string of the molecule is Cc1cc(C)c(-c2ccc3c(c2)c2cc(-c4c(C)cc(C)cc4C)ccc2n3-c2ccc(-c3ccc(-n4c5ccc(-c6c(C)cc(C)cc6C)cc5c5cc(-c6c(C)cc(C)cc6C)ccc54)cc3C)c(C)c2)c(C)c1. The zero-order chi connectivity index (χ0) is 53.2. The van der Waals surface area contributed by atoms with Gasteiger partial charge in [-0.3, -0.25) is 0 Å². The number of fused-ring (bicyclic) bond motifs is 6. The van der Waals surface area contributed by atoms with Gasteiger partial charge in [0.2, 0.25) is 0 Å². The molecule has 0 radical (unpaired) electrons. The van der Waals surface area contributed by atoms with Crippen LogP contribution in [0.1, 0.15) is 77.9 Å². The third-order valence-electron chi connectivity index (χ3n) is 16.6. The first-order valence-corrected chi connectivity index (χ1v) is 27.1. The predicted molar refractivity (Wildman–Crippen MR) is 329 cm³/mol. The number of nitrogens with zero attached hydrogens (tertiary/aromatic N) is 2. The summed E-state index contributed by atoms with van der Waals surface area (Å²) in [6.45, 7) is 31.3. The Bertz CT molecular complexity index is 3820. The maximum atomic E-state index is 2.48. The van der Waals surface area contributed by atoms with Crippen LogP contribution in [-0.2, 0) is 0 Å². The van der Waals surface area contributed by atoms with Crippen LogP contribution in [0.25, 0.3) is 111 Å². The van der Waals surface area contributed by atoms with Crippen LogP contribution in [0.3, 0.4) is 0 Å². The van der Waals surface area contributed by atoms with Crippen molar-refractivity contribution in [3.8, 4) is 67.0 Å². The van der Waals surface area contributed by atoms with E-state index in [1.54, 1.807) is 0 Å². The molecule has 2 heterocycles. The Morgan fingerprint density at radius 1 is 0.211 bits per heavy atom. The van der Waals surface area contributed by atoms with Crippen molar-refractivity contribution in [2.45, 2.75) is 96.9 Å². The molecule has 0 spiro atoms. The topological polar surface area (TPSA) is 9.86 Å². The maximum absolute atomic E-state index is 2.48. The highest BCUT2D eigenvalue weighted by molar-refractivity contribution is 6.13. The molecular weight excluding hydrogens is 917 g/mol. The van der Waals surface area contributed by atoms with Crippen molar-refractivity contribution in [2.24, 2.45) is 0 Å². The largest absolute Gasteiger partial charge is 0.309 e. The van der Waals surface area contributed by atoms with Crippen molar-refractivity contribution in [2.75, 3.05) is 0 Å². The molecule has 0 aliphatic heterocycles. The van der Waals surface area contributed by atoms with Gasteiger partial charge in [0.15, 0.2) is 0 Å². The lowest BCUT2D eigenvalue weighted by Crippen LogP contribution is -1.98. The van der Waals surface area contributed by atoms with Crippen LogP contribution in [0.2, 0.25) is 0 Å². The van der Waals surface area contributed by atoms with Crippen LogP contribution in [0, 0.1) is 96.9 Å². The van der Waals surface area contributed by atoms with Crippen LogP contribution in [-0.4, -0.2) is 9.13 Å². The van der Waals surface area contributed by atoms with Crippen LogP contribution >= 0.6 is 0 Å². The first kappa shape index (κ1) is 48.7. The summed E-state index contributed by atoms with van der Waals surface area (Å²) >= 11 is 0. The molecule has 0 unspecified atom stereocenters. The summed E-state index contributed by atoms with van der Waals surface area (Å²) in [6, 6.07) is 61.1. The van der Waals surface area contributed by atoms with E-state index in [4.69, 9.17) is 0 Å². The lowest BCUT2D eigenvalue weighted by Gasteiger charge is -2.16. The molecular formula is C74H68N2. The fourth-order valence-corrected chi connectivity index (χ4v) is 13.9. The smallest absolute Gasteiger partial charge is 0.0541 e. The summed E-state index contributed by atoms with van der Waals surface area (Å²) in [5.74, 6) is 0. The molecule has 12 aromatic rings. The number of aryl methyl sites for hydroxylation is 14. The summed E-state index contributed by atoms with van der Waals surface area (Å²) in [5.41, 5.74) is 38.2. The van der Waals surface area contributed by atoms with Crippen molar-refractivity contribution in [3.05, 3.63) is 236 Å². The van der Waals surface area contributed by atoms with Gasteiger partial charge in [0, 0.05) is 32.9 Å². The molecule has 0 fully saturated rings. The second kappa shape index (κ2) is 18.3. The number of rotatable bonds is 7. The van der Waals surface area contributed by atoms with Gasteiger partial charge in [0.05, 0.1) is 22.1 Å². The first-order valence-electron chi connectivity index (χ1n) is 27.1. The average Bonchev–Trinajstić information content (AvgIpc) is 3.89. The van der Waals surface area contributed by atoms with Gasteiger partial charge in [-0.05, 0) is 281 Å². The molecule has 0 aliphatic rings. The maximum Gasteiger partial charge on any atom is 0.0541 e. The van der Waals surface area contributed by atoms with E-state index >= 15 is 0 Å². The number of hydrogen-bond donors (Lipinski definition) is 0. The summed E-state index contributed by atoms with van der Waals surface area (Å²) in [6.07, 6.45) is 0. The van der Waals surface area contributed by atoms with Crippen molar-refractivity contribution >= 4 is 43.6 Å². The lowest BCUT2D eigenvalue weighted by molar-refractivity contribution is 1.16. The number of benzene rings is 10. The van der Waals surface area contributed by atoms with E-state index in [0.717, 1.165) is 11.4 Å². The van der Waals surface area contributed by atoms with E-state index in [1.807, 2.05) is 0 Å². The van der Waals surface area contributed by atoms with Crippen molar-refractivity contribution in [1.29, 1.82) is 0 Å². The van der Waals surface area contributed by atoms with E-state index in [2.05, 4.69) is 264 Å². The molecule has 10 aromatic carbocycles. The molecule has 374 valence electrons. The summed E-state index contributed by atoms with van der Waals surface area (Å²) in [7, 11) is 0. The fraction of sp³-hybridized carbons (Fsp3) is 0.189. The van der Waals surface area contributed by atoms with Gasteiger partial charge >= 0.3 is 0 Å². The standard InChI is InChI=1S/C74H68N2/c1-41-27-47(7)71(48(8)28-41)55-15-23-67-63(37-55)64-38-56(72-49(9)29-42(2)30-50(72)10)16-24-68(64)75(67)59-19-21-61(45(5)35-59)62-22-20-60(36-46(62)6)76-69-25-17-57(73-51(11)31-43(3)32-52(73)12)39-65(69)66-40-58(18-26-70(66)76)74-53(13)33-44(4)34-54(74)14/h15-40H,1-14H3. The van der Waals surface area contributed by atoms with Gasteiger partial charge in [-0.25, -0.2) is 0 Å². The fourth-order valence-electron chi connectivity index (χ4n) is 13.9. The third kappa shape index (κ3) is 8.00. The highest BCUT2D eigenvalue weighted by atomic mass is 15.0. The second-order valence-corrected chi connectivity index (χ2v) is 22.7. The first-order chi connectivity index (χ1) is 36.4. The van der Waals surface area contributed by atoms with Gasteiger partial charge in [0.25, 0.3) is 0 Å². The molecule has 0 bridgehead atoms. The Morgan fingerprint density at radius 3 is 0.645 bits per heavy atom. The van der Waals surface area contributed by atoms with Crippen LogP contribution in [0.5, 0.6) is 0 Å². The number of aromatic nitrogens is 2. The average molecular weight is 985 g/mol. The zero-order valence-electron chi connectivity index (χ0n) is 46.9. The van der Waals surface area contributed by atoms with Gasteiger partial charge < -0.3 is 9.13 Å². The Hall–Kier alpha value is -8.20. The zero-order valence-corrected chi connectivity index (χ0v) is 46.9. The van der Waals surface area contributed by atoms with Crippen LogP contribution in [0.4, 0.5) is 0 Å². The van der Waals surface area contributed by atoms with Gasteiger partial charge in [-0.15, -0.1) is 0 Å². The van der Waals surface area contributed by atoms with Crippen molar-refractivity contribution in [3.63, 3.8) is 0 Å². The van der Waals surface area contributed by atoms with E-state index in [-0.39, 0.29) is 0 Å². The van der Waals surface area contributed by atoms with Crippen LogP contribution in [0.15, 0.2) is 158 Å². The summed E-state index contributed by atoms with van der Waals surface area (Å²) < 4.78 is 4.97. The molecule has 2 heteroatoms. The molecule has 0 saturated carbocycles. The minimum absolute atomic E-state index is 1.16. The number of hydrogen-bond acceptors (Lipinski definition) is 0. The van der Waals surface area contributed by atoms with Gasteiger partial charge in [0.1, 0.15) is 0 Å². The summed E-state index contributed by atoms with van der Waals surface area (Å²) in [4.78, 5) is 0. The minimum atomic E-state index is 1.16. The Labute approximate surface area is 450 Å². The van der Waals surface area contributed by atoms with E-state index in [0.29, 0.717) is 0 Å². The van der Waals surface area contributed by atoms with Gasteiger partial charge in [-0.2, -0.15) is 0 Å². The van der Waals surface area contributed by atoms with Crippen molar-refractivity contribution < 1.29 is 0 Å². The highest BCUT2D eigenvalue weighted by Gasteiger charge is 2.21. The molecule has 0 amide bonds. The molecule has 0 saturated heterocycles. The molecule has 2 nitrogen and oxygen atoms in total. The highest BCUT2D eigenvalue weighted by Crippen LogP contribution is 2.43. The quantitative estimate of drug-likeness (QED) is 0.151. The van der Waals surface area contributed by atoms with E-state index in [9.17, 15) is 0 Å². The lowest BCUT2D eigenvalue weighted by atomic mass is 9.91. The molecule has 12 rings (SSSR count). The van der Waals surface area contributed by atoms with Crippen molar-refractivity contribution in [1.82, 2.24) is 9.13 Å². The molecule has 76 heavy (non-hydrogen) atoms. The van der Waals surface area contributed by atoms with Crippen LogP contribution < -0.4 is 0 Å². The Morgan fingerprint density at radius 2 is 0.434 bits per heavy atom. The summed E-state index contributed by atoms with van der Waals surface area (Å²) in [5, 5.41) is 5.07. The molecule has 0 N–H and O–H groups in total. The minimum Gasteiger partial charge on any atom is -0.309 e. The second-order valence-electron chi connectivity index (χ2n) is 22.7. The molecule has 0 atom stereocenters. The Kier molecular flexibility index (Phi) is 11.7. The molecule has 0 aliphatic carbocycles. The predicted octanol–water partition coefficient (Wildman–Crippen LogP) is 20.5. The monoisotopic (exact) mass is 985 g/mol. The van der Waals surface area contributed by atoms with E-state index in [1.165, 1.54) is 177 Å². The Balaban J connectivity index is 0.980. The van der Waals surface area contributed by atoms with E-state index < -0.39 is 0 Å². The van der Waals surface area contributed by atoms with Gasteiger partial charge in [-0.1, -0.05) is 107 Å². The third-order valence-corrected chi connectivity index (χ3v) is 16.6.